The van der Waals surface area contributed by atoms with E-state index in [1.807, 2.05) is 13.8 Å². The molecule has 0 radical (unpaired) electrons. The predicted molar refractivity (Wildman–Crippen MR) is 87.3 cm³/mol. The number of hydrogen-bond acceptors (Lipinski definition) is 4. The first-order valence-electron chi connectivity index (χ1n) is 8.06. The van der Waals surface area contributed by atoms with E-state index in [1.54, 1.807) is 13.8 Å². The summed E-state index contributed by atoms with van der Waals surface area (Å²) in [5.41, 5.74) is 0. The van der Waals surface area contributed by atoms with Gasteiger partial charge in [0, 0.05) is 13.1 Å². The van der Waals surface area contributed by atoms with Crippen molar-refractivity contribution in [1.82, 2.24) is 9.62 Å². The summed E-state index contributed by atoms with van der Waals surface area (Å²) >= 11 is 0. The van der Waals surface area contributed by atoms with Crippen LogP contribution in [0, 0.1) is 17.8 Å². The van der Waals surface area contributed by atoms with Gasteiger partial charge in [0.05, 0.1) is 11.7 Å². The van der Waals surface area contributed by atoms with Crippen LogP contribution in [0.25, 0.3) is 0 Å². The highest BCUT2D eigenvalue weighted by Crippen LogP contribution is 2.22. The summed E-state index contributed by atoms with van der Waals surface area (Å²) in [5.74, 6) is -1.95. The normalized spacial score (nSPS) is 20.6. The van der Waals surface area contributed by atoms with Crippen molar-refractivity contribution in [3.05, 3.63) is 0 Å². The highest BCUT2D eigenvalue weighted by molar-refractivity contribution is 7.89. The molecule has 1 fully saturated rings. The standard InChI is InChI=1S/C15H28N2O5S/c1-10(2)8-12(15(19)20)9-16-14(18)13(11(3)4)17-6-5-7-23(17,21)22/h10-13H,5-9H2,1-4H3,(H,16,18)(H,19,20). The third-order valence-corrected chi connectivity index (χ3v) is 5.91. The van der Waals surface area contributed by atoms with Gasteiger partial charge in [-0.1, -0.05) is 27.7 Å². The molecule has 0 aliphatic carbocycles. The van der Waals surface area contributed by atoms with Crippen molar-refractivity contribution in [3.8, 4) is 0 Å². The number of carbonyl (C=O) groups excluding carboxylic acids is 1. The van der Waals surface area contributed by atoms with E-state index < -0.39 is 33.9 Å². The molecule has 0 aromatic carbocycles. The van der Waals surface area contributed by atoms with E-state index in [0.717, 1.165) is 0 Å². The van der Waals surface area contributed by atoms with Crippen LogP contribution in [0.4, 0.5) is 0 Å². The molecule has 0 aromatic heterocycles. The number of aliphatic carboxylic acids is 1. The van der Waals surface area contributed by atoms with Gasteiger partial charge in [0.1, 0.15) is 6.04 Å². The molecule has 1 amide bonds. The Bertz CT molecular complexity index is 530. The van der Waals surface area contributed by atoms with E-state index in [9.17, 15) is 23.1 Å². The molecule has 7 nitrogen and oxygen atoms in total. The minimum atomic E-state index is -3.39. The van der Waals surface area contributed by atoms with Crippen molar-refractivity contribution in [2.75, 3.05) is 18.8 Å². The zero-order chi connectivity index (χ0) is 17.8. The number of hydrogen-bond donors (Lipinski definition) is 2. The van der Waals surface area contributed by atoms with Crippen molar-refractivity contribution in [1.29, 1.82) is 0 Å². The van der Waals surface area contributed by atoms with Crippen LogP contribution in [0.1, 0.15) is 40.5 Å². The Morgan fingerprint density at radius 2 is 1.83 bits per heavy atom. The number of carboxylic acid groups (broad SMARTS) is 1. The van der Waals surface area contributed by atoms with Gasteiger partial charge in [-0.15, -0.1) is 0 Å². The van der Waals surface area contributed by atoms with Crippen LogP contribution < -0.4 is 5.32 Å². The molecule has 0 spiro atoms. The van der Waals surface area contributed by atoms with E-state index in [0.29, 0.717) is 19.4 Å². The number of nitrogens with zero attached hydrogens (tertiary/aromatic N) is 1. The fourth-order valence-electron chi connectivity index (χ4n) is 2.91. The Balaban J connectivity index is 2.77. The molecule has 1 rings (SSSR count). The average molecular weight is 348 g/mol. The lowest BCUT2D eigenvalue weighted by Crippen LogP contribution is -2.51. The van der Waals surface area contributed by atoms with Gasteiger partial charge in [0.2, 0.25) is 15.9 Å². The molecule has 2 atom stereocenters. The summed E-state index contributed by atoms with van der Waals surface area (Å²) in [6.45, 7) is 7.79. The monoisotopic (exact) mass is 348 g/mol. The van der Waals surface area contributed by atoms with E-state index in [4.69, 9.17) is 0 Å². The molecule has 1 aliphatic heterocycles. The van der Waals surface area contributed by atoms with Crippen LogP contribution in [-0.4, -0.2) is 54.6 Å². The number of carbonyl (C=O) groups is 2. The Labute approximate surface area is 138 Å². The molecule has 8 heteroatoms. The van der Waals surface area contributed by atoms with Crippen LogP contribution in [-0.2, 0) is 19.6 Å². The van der Waals surface area contributed by atoms with Crippen LogP contribution in [0.15, 0.2) is 0 Å². The summed E-state index contributed by atoms with van der Waals surface area (Å²) in [5, 5.41) is 11.9. The largest absolute Gasteiger partial charge is 0.481 e. The number of sulfonamides is 1. The summed E-state index contributed by atoms with van der Waals surface area (Å²) in [6.07, 6.45) is 0.980. The van der Waals surface area contributed by atoms with Crippen molar-refractivity contribution in [2.45, 2.75) is 46.6 Å². The SMILES string of the molecule is CC(C)CC(CNC(=O)C(C(C)C)N1CCCS1(=O)=O)C(=O)O. The van der Waals surface area contributed by atoms with Crippen LogP contribution in [0.3, 0.4) is 0 Å². The lowest BCUT2D eigenvalue weighted by molar-refractivity contribution is -0.142. The highest BCUT2D eigenvalue weighted by Gasteiger charge is 2.40. The molecule has 134 valence electrons. The Morgan fingerprint density at radius 1 is 1.22 bits per heavy atom. The summed E-state index contributed by atoms with van der Waals surface area (Å²) < 4.78 is 25.4. The van der Waals surface area contributed by atoms with Gasteiger partial charge in [-0.2, -0.15) is 4.31 Å². The van der Waals surface area contributed by atoms with E-state index in [1.165, 1.54) is 4.31 Å². The molecule has 1 aliphatic rings. The van der Waals surface area contributed by atoms with E-state index >= 15 is 0 Å². The molecule has 0 saturated carbocycles. The maximum Gasteiger partial charge on any atom is 0.308 e. The molecule has 0 bridgehead atoms. The fraction of sp³-hybridized carbons (Fsp3) is 0.867. The predicted octanol–water partition coefficient (Wildman–Crippen LogP) is 0.910. The first-order valence-corrected chi connectivity index (χ1v) is 9.67. The minimum Gasteiger partial charge on any atom is -0.481 e. The van der Waals surface area contributed by atoms with Crippen molar-refractivity contribution < 1.29 is 23.1 Å². The molecular weight excluding hydrogens is 320 g/mol. The highest BCUT2D eigenvalue weighted by atomic mass is 32.2. The molecule has 2 unspecified atom stereocenters. The Hall–Kier alpha value is -1.15. The third kappa shape index (κ3) is 5.46. The van der Waals surface area contributed by atoms with Crippen LogP contribution in [0.2, 0.25) is 0 Å². The Morgan fingerprint density at radius 3 is 2.22 bits per heavy atom. The van der Waals surface area contributed by atoms with Crippen molar-refractivity contribution in [3.63, 3.8) is 0 Å². The third-order valence-electron chi connectivity index (χ3n) is 3.98. The van der Waals surface area contributed by atoms with Crippen molar-refractivity contribution >= 4 is 21.9 Å². The smallest absolute Gasteiger partial charge is 0.308 e. The number of carboxylic acids is 1. The number of amides is 1. The average Bonchev–Trinajstić information content (AvgIpc) is 2.73. The number of rotatable bonds is 8. The molecule has 2 N–H and O–H groups in total. The first kappa shape index (κ1) is 19.9. The van der Waals surface area contributed by atoms with Gasteiger partial charge >= 0.3 is 5.97 Å². The molecule has 23 heavy (non-hydrogen) atoms. The summed E-state index contributed by atoms with van der Waals surface area (Å²) in [7, 11) is -3.39. The molecule has 0 aromatic rings. The maximum atomic E-state index is 12.5. The van der Waals surface area contributed by atoms with Gasteiger partial charge in [-0.3, -0.25) is 9.59 Å². The summed E-state index contributed by atoms with van der Waals surface area (Å²) in [6, 6.07) is -0.781. The van der Waals surface area contributed by atoms with Gasteiger partial charge in [0.15, 0.2) is 0 Å². The minimum absolute atomic E-state index is 0.0173. The van der Waals surface area contributed by atoms with Crippen LogP contribution in [0.5, 0.6) is 0 Å². The van der Waals surface area contributed by atoms with Gasteiger partial charge in [-0.05, 0) is 24.7 Å². The van der Waals surface area contributed by atoms with E-state index in [2.05, 4.69) is 5.32 Å². The number of nitrogens with one attached hydrogen (secondary N) is 1. The Kier molecular flexibility index (Phi) is 7.01. The van der Waals surface area contributed by atoms with Gasteiger partial charge in [0.25, 0.3) is 0 Å². The van der Waals surface area contributed by atoms with Crippen LogP contribution >= 0.6 is 0 Å². The molecule has 1 saturated heterocycles. The second-order valence-corrected chi connectivity index (χ2v) is 8.92. The second-order valence-electron chi connectivity index (χ2n) is 6.88. The first-order chi connectivity index (χ1) is 10.6. The fourth-order valence-corrected chi connectivity index (χ4v) is 4.73. The molecular formula is C15H28N2O5S. The topological polar surface area (TPSA) is 104 Å². The van der Waals surface area contributed by atoms with Gasteiger partial charge in [-0.25, -0.2) is 8.42 Å². The quantitative estimate of drug-likeness (QED) is 0.678. The lowest BCUT2D eigenvalue weighted by atomic mass is 9.96. The zero-order valence-electron chi connectivity index (χ0n) is 14.3. The maximum absolute atomic E-state index is 12.5. The van der Waals surface area contributed by atoms with Gasteiger partial charge < -0.3 is 10.4 Å². The molecule has 1 heterocycles. The zero-order valence-corrected chi connectivity index (χ0v) is 15.1. The van der Waals surface area contributed by atoms with E-state index in [-0.39, 0.29) is 24.1 Å². The lowest BCUT2D eigenvalue weighted by Gasteiger charge is -2.29. The summed E-state index contributed by atoms with van der Waals surface area (Å²) in [4.78, 5) is 23.7. The van der Waals surface area contributed by atoms with Crippen molar-refractivity contribution in [2.24, 2.45) is 17.8 Å². The second kappa shape index (κ2) is 8.10.